The van der Waals surface area contributed by atoms with Crippen molar-refractivity contribution in [3.63, 3.8) is 0 Å². The Labute approximate surface area is 92.0 Å². The number of benzene rings is 1. The van der Waals surface area contributed by atoms with Crippen molar-refractivity contribution < 1.29 is 4.79 Å². The van der Waals surface area contributed by atoms with Crippen molar-refractivity contribution in [2.45, 2.75) is 27.7 Å². The van der Waals surface area contributed by atoms with Crippen LogP contribution in [0.15, 0.2) is 36.4 Å². The number of nitrogens with one attached hydrogen (secondary N) is 1. The minimum absolute atomic E-state index is 0.0319. The fourth-order valence-corrected chi connectivity index (χ4v) is 0.926. The summed E-state index contributed by atoms with van der Waals surface area (Å²) in [5, 5.41) is 2.71. The summed E-state index contributed by atoms with van der Waals surface area (Å²) in [6.45, 7) is 11.0. The molecule has 0 saturated carbocycles. The summed E-state index contributed by atoms with van der Waals surface area (Å²) in [5.41, 5.74) is 3.17. The summed E-state index contributed by atoms with van der Waals surface area (Å²) in [6.07, 6.45) is 0. The van der Waals surface area contributed by atoms with Crippen molar-refractivity contribution in [3.05, 3.63) is 42.0 Å². The Kier molecular flexibility index (Phi) is 6.11. The zero-order valence-corrected chi connectivity index (χ0v) is 9.92. The fourth-order valence-electron chi connectivity index (χ4n) is 0.926. The molecule has 2 nitrogen and oxygen atoms in total. The second-order valence-corrected chi connectivity index (χ2v) is 3.76. The number of carbonyl (C=O) groups excluding carboxylic acids is 1. The Morgan fingerprint density at radius 3 is 2.20 bits per heavy atom. The quantitative estimate of drug-likeness (QED) is 0.698. The molecule has 0 saturated heterocycles. The van der Waals surface area contributed by atoms with E-state index in [0.29, 0.717) is 0 Å². The highest BCUT2D eigenvalue weighted by Gasteiger charge is 1.93. The maximum atomic E-state index is 10.6. The highest BCUT2D eigenvalue weighted by Crippen LogP contribution is 2.08. The third kappa shape index (κ3) is 8.75. The van der Waals surface area contributed by atoms with Crippen molar-refractivity contribution in [3.8, 4) is 0 Å². The monoisotopic (exact) mass is 205 g/mol. The number of hydrogen-bond acceptors (Lipinski definition) is 1. The van der Waals surface area contributed by atoms with Gasteiger partial charge in [-0.25, -0.2) is 0 Å². The van der Waals surface area contributed by atoms with Gasteiger partial charge in [-0.3, -0.25) is 4.79 Å². The second kappa shape index (κ2) is 6.82. The van der Waals surface area contributed by atoms with Crippen LogP contribution in [0.2, 0.25) is 0 Å². The normalized spacial score (nSPS) is 8.53. The average molecular weight is 205 g/mol. The van der Waals surface area contributed by atoms with Gasteiger partial charge in [0, 0.05) is 12.6 Å². The summed E-state index contributed by atoms with van der Waals surface area (Å²) in [5.74, 6) is -0.0319. The van der Waals surface area contributed by atoms with E-state index in [1.165, 1.54) is 12.5 Å². The van der Waals surface area contributed by atoms with Crippen molar-refractivity contribution >= 4 is 11.6 Å². The molecule has 0 bridgehead atoms. The molecule has 0 unspecified atom stereocenters. The molecule has 0 aliphatic carbocycles. The molecular weight excluding hydrogens is 186 g/mol. The first-order chi connectivity index (χ1) is 6.91. The van der Waals surface area contributed by atoms with Crippen LogP contribution in [0, 0.1) is 6.92 Å². The van der Waals surface area contributed by atoms with Gasteiger partial charge in [0.25, 0.3) is 0 Å². The van der Waals surface area contributed by atoms with Crippen molar-refractivity contribution in [2.24, 2.45) is 0 Å². The SMILES string of the molecule is C=C(C)C.CC(=O)Nc1cccc(C)c1. The molecule has 2 heteroatoms. The molecule has 1 aromatic carbocycles. The van der Waals surface area contributed by atoms with Crippen LogP contribution in [0.1, 0.15) is 26.3 Å². The van der Waals surface area contributed by atoms with Crippen LogP contribution in [-0.2, 0) is 4.79 Å². The Balaban J connectivity index is 0.000000423. The standard InChI is InChI=1S/C9H11NO.C4H8/c1-7-4-3-5-9(6-7)10-8(2)11;1-4(2)3/h3-6H,1-2H3,(H,10,11);1H2,2-3H3. The van der Waals surface area contributed by atoms with Crippen LogP contribution in [0.3, 0.4) is 0 Å². The van der Waals surface area contributed by atoms with Gasteiger partial charge in [-0.2, -0.15) is 0 Å². The predicted octanol–water partition coefficient (Wildman–Crippen LogP) is 3.54. The van der Waals surface area contributed by atoms with E-state index in [9.17, 15) is 4.79 Å². The molecular formula is C13H19NO. The van der Waals surface area contributed by atoms with Gasteiger partial charge in [-0.15, -0.1) is 6.58 Å². The molecule has 0 spiro atoms. The molecule has 0 atom stereocenters. The molecule has 0 aliphatic heterocycles. The number of amides is 1. The maximum absolute atomic E-state index is 10.6. The number of rotatable bonds is 1. The van der Waals surface area contributed by atoms with E-state index in [4.69, 9.17) is 0 Å². The van der Waals surface area contributed by atoms with Gasteiger partial charge in [0.05, 0.1) is 0 Å². The van der Waals surface area contributed by atoms with Gasteiger partial charge in [0.1, 0.15) is 0 Å². The Morgan fingerprint density at radius 2 is 1.80 bits per heavy atom. The van der Waals surface area contributed by atoms with E-state index in [1.54, 1.807) is 0 Å². The zero-order valence-electron chi connectivity index (χ0n) is 9.92. The zero-order chi connectivity index (χ0) is 11.8. The maximum Gasteiger partial charge on any atom is 0.221 e. The van der Waals surface area contributed by atoms with E-state index in [0.717, 1.165) is 11.3 Å². The van der Waals surface area contributed by atoms with Crippen LogP contribution in [-0.4, -0.2) is 5.91 Å². The molecule has 0 aromatic heterocycles. The molecule has 82 valence electrons. The Morgan fingerprint density at radius 1 is 1.27 bits per heavy atom. The Hall–Kier alpha value is -1.57. The first-order valence-corrected chi connectivity index (χ1v) is 4.88. The summed E-state index contributed by atoms with van der Waals surface area (Å²) >= 11 is 0. The largest absolute Gasteiger partial charge is 0.326 e. The van der Waals surface area contributed by atoms with Crippen LogP contribution in [0.25, 0.3) is 0 Å². The lowest BCUT2D eigenvalue weighted by Crippen LogP contribution is -2.05. The minimum atomic E-state index is -0.0319. The van der Waals surface area contributed by atoms with E-state index in [-0.39, 0.29) is 5.91 Å². The lowest BCUT2D eigenvalue weighted by atomic mass is 10.2. The summed E-state index contributed by atoms with van der Waals surface area (Å²) in [6, 6.07) is 7.71. The molecule has 1 rings (SSSR count). The first kappa shape index (κ1) is 13.4. The molecule has 1 N–H and O–H groups in total. The van der Waals surface area contributed by atoms with Gasteiger partial charge in [0.15, 0.2) is 0 Å². The lowest BCUT2D eigenvalue weighted by molar-refractivity contribution is -0.114. The van der Waals surface area contributed by atoms with Gasteiger partial charge < -0.3 is 5.32 Å². The van der Waals surface area contributed by atoms with Gasteiger partial charge in [-0.1, -0.05) is 17.7 Å². The van der Waals surface area contributed by atoms with Crippen LogP contribution in [0.4, 0.5) is 5.69 Å². The second-order valence-electron chi connectivity index (χ2n) is 3.76. The number of carbonyl (C=O) groups is 1. The van der Waals surface area contributed by atoms with Crippen LogP contribution < -0.4 is 5.32 Å². The van der Waals surface area contributed by atoms with Crippen molar-refractivity contribution in [1.29, 1.82) is 0 Å². The highest BCUT2D eigenvalue weighted by molar-refractivity contribution is 5.88. The van der Waals surface area contributed by atoms with E-state index in [1.807, 2.05) is 45.0 Å². The van der Waals surface area contributed by atoms with E-state index in [2.05, 4.69) is 11.9 Å². The smallest absolute Gasteiger partial charge is 0.221 e. The minimum Gasteiger partial charge on any atom is -0.326 e. The molecule has 0 fully saturated rings. The lowest BCUT2D eigenvalue weighted by Gasteiger charge is -2.01. The molecule has 1 amide bonds. The van der Waals surface area contributed by atoms with E-state index >= 15 is 0 Å². The Bertz CT molecular complexity index is 338. The molecule has 0 heterocycles. The van der Waals surface area contributed by atoms with Crippen LogP contribution >= 0.6 is 0 Å². The average Bonchev–Trinajstić information content (AvgIpc) is 2.00. The number of anilines is 1. The van der Waals surface area contributed by atoms with Crippen LogP contribution in [0.5, 0.6) is 0 Å². The van der Waals surface area contributed by atoms with Crippen molar-refractivity contribution in [2.75, 3.05) is 5.32 Å². The third-order valence-corrected chi connectivity index (χ3v) is 1.34. The molecule has 15 heavy (non-hydrogen) atoms. The van der Waals surface area contributed by atoms with E-state index < -0.39 is 0 Å². The number of hydrogen-bond donors (Lipinski definition) is 1. The van der Waals surface area contributed by atoms with Gasteiger partial charge >= 0.3 is 0 Å². The summed E-state index contributed by atoms with van der Waals surface area (Å²) < 4.78 is 0. The predicted molar refractivity (Wildman–Crippen MR) is 66.0 cm³/mol. The van der Waals surface area contributed by atoms with Gasteiger partial charge in [-0.05, 0) is 38.5 Å². The molecule has 0 aliphatic rings. The number of aryl methyl sites for hydroxylation is 1. The molecule has 0 radical (unpaired) electrons. The topological polar surface area (TPSA) is 29.1 Å². The van der Waals surface area contributed by atoms with Gasteiger partial charge in [0.2, 0.25) is 5.91 Å². The summed E-state index contributed by atoms with van der Waals surface area (Å²) in [4.78, 5) is 10.6. The van der Waals surface area contributed by atoms with Crippen molar-refractivity contribution in [1.82, 2.24) is 0 Å². The summed E-state index contributed by atoms with van der Waals surface area (Å²) in [7, 11) is 0. The fraction of sp³-hybridized carbons (Fsp3) is 0.308. The highest BCUT2D eigenvalue weighted by atomic mass is 16.1. The number of allylic oxidation sites excluding steroid dienone is 1. The first-order valence-electron chi connectivity index (χ1n) is 4.88. The third-order valence-electron chi connectivity index (χ3n) is 1.34. The molecule has 1 aromatic rings.